The van der Waals surface area contributed by atoms with Gasteiger partial charge in [-0.1, -0.05) is 17.7 Å². The molecule has 0 saturated carbocycles. The van der Waals surface area contributed by atoms with Gasteiger partial charge in [-0.3, -0.25) is 9.59 Å². The van der Waals surface area contributed by atoms with Crippen LogP contribution in [0.15, 0.2) is 30.3 Å². The highest BCUT2D eigenvalue weighted by atomic mass is 16.5. The summed E-state index contributed by atoms with van der Waals surface area (Å²) in [5, 5.41) is 5.84. The average Bonchev–Trinajstić information content (AvgIpc) is 2.89. The van der Waals surface area contributed by atoms with Crippen molar-refractivity contribution in [3.8, 4) is 11.5 Å². The molecule has 3 N–H and O–H groups in total. The van der Waals surface area contributed by atoms with Crippen molar-refractivity contribution in [3.63, 3.8) is 0 Å². The standard InChI is InChI=1S/C23H29N3O4/c1-15-10-16(2)23(17(3)11-15)25-22(28)14-26(4)13-21(27)24-18-6-7-19-20(12-18)30-9-5-8-29-19/h6-7,10-12H,5,8-9,13-14H2,1-4H3,(H,24,27)(H,25,28)/p+1. The highest BCUT2D eigenvalue weighted by Gasteiger charge is 2.17. The third kappa shape index (κ3) is 5.73. The van der Waals surface area contributed by atoms with E-state index in [1.807, 2.05) is 40.0 Å². The Morgan fingerprint density at radius 3 is 2.17 bits per heavy atom. The van der Waals surface area contributed by atoms with Crippen molar-refractivity contribution in [1.82, 2.24) is 0 Å². The number of amides is 2. The number of carbonyl (C=O) groups is 2. The van der Waals surface area contributed by atoms with Crippen molar-refractivity contribution in [2.45, 2.75) is 27.2 Å². The molecule has 7 nitrogen and oxygen atoms in total. The number of likely N-dealkylation sites (N-methyl/N-ethyl adjacent to an activating group) is 1. The van der Waals surface area contributed by atoms with Crippen LogP contribution in [0.3, 0.4) is 0 Å². The molecule has 160 valence electrons. The van der Waals surface area contributed by atoms with E-state index >= 15 is 0 Å². The van der Waals surface area contributed by atoms with Gasteiger partial charge in [0, 0.05) is 23.9 Å². The molecule has 1 aliphatic heterocycles. The lowest BCUT2D eigenvalue weighted by Gasteiger charge is -2.16. The van der Waals surface area contributed by atoms with Gasteiger partial charge in [-0.25, -0.2) is 0 Å². The second-order valence-electron chi connectivity index (χ2n) is 7.89. The maximum Gasteiger partial charge on any atom is 0.279 e. The minimum atomic E-state index is -0.169. The fourth-order valence-corrected chi connectivity index (χ4v) is 3.62. The average molecular weight is 413 g/mol. The molecule has 3 rings (SSSR count). The molecule has 0 radical (unpaired) electrons. The summed E-state index contributed by atoms with van der Waals surface area (Å²) in [6.07, 6.45) is 0.828. The van der Waals surface area contributed by atoms with Crippen LogP contribution in [0.5, 0.6) is 11.5 Å². The first kappa shape index (κ1) is 21.6. The van der Waals surface area contributed by atoms with Crippen LogP contribution in [0, 0.1) is 20.8 Å². The lowest BCUT2D eigenvalue weighted by molar-refractivity contribution is -0.862. The Labute approximate surface area is 177 Å². The number of anilines is 2. The van der Waals surface area contributed by atoms with Crippen LogP contribution in [0.1, 0.15) is 23.1 Å². The quantitative estimate of drug-likeness (QED) is 0.677. The van der Waals surface area contributed by atoms with Crippen LogP contribution in [-0.4, -0.2) is 45.2 Å². The Hall–Kier alpha value is -3.06. The molecule has 0 aromatic heterocycles. The molecule has 2 aromatic rings. The molecule has 0 saturated heterocycles. The van der Waals surface area contributed by atoms with Crippen LogP contribution < -0.4 is 25.0 Å². The molecule has 7 heteroatoms. The van der Waals surface area contributed by atoms with Crippen molar-refractivity contribution in [2.75, 3.05) is 44.0 Å². The molecular weight excluding hydrogens is 382 g/mol. The van der Waals surface area contributed by atoms with Gasteiger partial charge < -0.3 is 25.0 Å². The molecule has 1 aliphatic rings. The van der Waals surface area contributed by atoms with Gasteiger partial charge in [-0.15, -0.1) is 0 Å². The fourth-order valence-electron chi connectivity index (χ4n) is 3.62. The van der Waals surface area contributed by atoms with E-state index in [9.17, 15) is 9.59 Å². The predicted molar refractivity (Wildman–Crippen MR) is 117 cm³/mol. The number of hydrogen-bond acceptors (Lipinski definition) is 4. The van der Waals surface area contributed by atoms with Gasteiger partial charge in [0.2, 0.25) is 0 Å². The number of nitrogens with one attached hydrogen (secondary N) is 3. The van der Waals surface area contributed by atoms with Crippen molar-refractivity contribution in [1.29, 1.82) is 0 Å². The Morgan fingerprint density at radius 2 is 1.50 bits per heavy atom. The number of rotatable bonds is 6. The summed E-state index contributed by atoms with van der Waals surface area (Å²) >= 11 is 0. The van der Waals surface area contributed by atoms with Gasteiger partial charge in [0.1, 0.15) is 0 Å². The van der Waals surface area contributed by atoms with Crippen LogP contribution in [0.25, 0.3) is 0 Å². The Morgan fingerprint density at radius 1 is 0.900 bits per heavy atom. The number of aryl methyl sites for hydroxylation is 3. The van der Waals surface area contributed by atoms with Crippen molar-refractivity contribution < 1.29 is 24.0 Å². The zero-order valence-corrected chi connectivity index (χ0v) is 18.1. The van der Waals surface area contributed by atoms with Crippen molar-refractivity contribution in [3.05, 3.63) is 47.0 Å². The molecule has 0 fully saturated rings. The summed E-state index contributed by atoms with van der Waals surface area (Å²) in [6, 6.07) is 9.44. The van der Waals surface area contributed by atoms with Crippen LogP contribution in [-0.2, 0) is 9.59 Å². The maximum absolute atomic E-state index is 12.5. The van der Waals surface area contributed by atoms with E-state index in [0.29, 0.717) is 30.4 Å². The van der Waals surface area contributed by atoms with E-state index in [2.05, 4.69) is 10.6 Å². The smallest absolute Gasteiger partial charge is 0.279 e. The molecule has 1 heterocycles. The van der Waals surface area contributed by atoms with E-state index in [-0.39, 0.29) is 24.9 Å². The molecule has 1 unspecified atom stereocenters. The number of ether oxygens (including phenoxy) is 2. The minimum absolute atomic E-state index is 0.120. The third-order valence-corrected chi connectivity index (χ3v) is 4.90. The normalized spacial score (nSPS) is 13.9. The number of carbonyl (C=O) groups excluding carboxylic acids is 2. The summed E-state index contributed by atoms with van der Waals surface area (Å²) in [5.74, 6) is 1.03. The van der Waals surface area contributed by atoms with Crippen LogP contribution in [0.4, 0.5) is 11.4 Å². The van der Waals surface area contributed by atoms with Crippen molar-refractivity contribution in [2.24, 2.45) is 0 Å². The summed E-state index contributed by atoms with van der Waals surface area (Å²) in [4.78, 5) is 25.7. The molecule has 1 atom stereocenters. The monoisotopic (exact) mass is 412 g/mol. The lowest BCUT2D eigenvalue weighted by atomic mass is 10.1. The second-order valence-corrected chi connectivity index (χ2v) is 7.89. The largest absolute Gasteiger partial charge is 0.490 e. The van der Waals surface area contributed by atoms with Crippen molar-refractivity contribution >= 4 is 23.2 Å². The Bertz CT molecular complexity index is 919. The first-order valence-corrected chi connectivity index (χ1v) is 10.2. The molecule has 2 amide bonds. The SMILES string of the molecule is Cc1cc(C)c(NC(=O)C[NH+](C)CC(=O)Nc2ccc3c(c2)OCCCO3)c(C)c1. The lowest BCUT2D eigenvalue weighted by Crippen LogP contribution is -3.11. The molecule has 0 aliphatic carbocycles. The highest BCUT2D eigenvalue weighted by molar-refractivity contribution is 5.94. The number of hydrogen-bond donors (Lipinski definition) is 3. The summed E-state index contributed by atoms with van der Waals surface area (Å²) < 4.78 is 11.3. The van der Waals surface area contributed by atoms with Gasteiger partial charge >= 0.3 is 0 Å². The Balaban J connectivity index is 1.52. The topological polar surface area (TPSA) is 81.1 Å². The molecule has 30 heavy (non-hydrogen) atoms. The summed E-state index contributed by atoms with van der Waals surface area (Å²) in [5.41, 5.74) is 4.72. The summed E-state index contributed by atoms with van der Waals surface area (Å²) in [7, 11) is 1.82. The second kappa shape index (κ2) is 9.63. The first-order valence-electron chi connectivity index (χ1n) is 10.2. The summed E-state index contributed by atoms with van der Waals surface area (Å²) in [6.45, 7) is 7.58. The number of fused-ring (bicyclic) bond motifs is 1. The minimum Gasteiger partial charge on any atom is -0.490 e. The number of benzene rings is 2. The fraction of sp³-hybridized carbons (Fsp3) is 0.391. The zero-order chi connectivity index (χ0) is 21.7. The van der Waals surface area contributed by atoms with Gasteiger partial charge in [0.15, 0.2) is 24.6 Å². The van der Waals surface area contributed by atoms with Gasteiger partial charge in [-0.2, -0.15) is 0 Å². The molecule has 0 bridgehead atoms. The van der Waals surface area contributed by atoms with Gasteiger partial charge in [-0.05, 0) is 44.0 Å². The van der Waals surface area contributed by atoms with Gasteiger partial charge in [0.25, 0.3) is 11.8 Å². The van der Waals surface area contributed by atoms with Crippen LogP contribution in [0.2, 0.25) is 0 Å². The Kier molecular flexibility index (Phi) is 6.95. The van der Waals surface area contributed by atoms with E-state index < -0.39 is 0 Å². The van der Waals surface area contributed by atoms with E-state index in [1.54, 1.807) is 18.2 Å². The zero-order valence-electron chi connectivity index (χ0n) is 18.1. The molecule has 2 aromatic carbocycles. The van der Waals surface area contributed by atoms with Gasteiger partial charge in [0.05, 0.1) is 20.3 Å². The first-order chi connectivity index (χ1) is 14.3. The van der Waals surface area contributed by atoms with E-state index in [0.717, 1.165) is 33.7 Å². The maximum atomic E-state index is 12.5. The number of quaternary nitrogens is 1. The molecule has 0 spiro atoms. The molecular formula is C23H30N3O4+. The third-order valence-electron chi connectivity index (χ3n) is 4.90. The highest BCUT2D eigenvalue weighted by Crippen LogP contribution is 2.32. The van der Waals surface area contributed by atoms with Crippen LogP contribution >= 0.6 is 0 Å². The predicted octanol–water partition coefficient (Wildman–Crippen LogP) is 1.87. The van der Waals surface area contributed by atoms with E-state index in [1.165, 1.54) is 0 Å². The van der Waals surface area contributed by atoms with E-state index in [4.69, 9.17) is 9.47 Å².